The fraction of sp³-hybridized carbons (Fsp3) is 0.250. The molecule has 0 aliphatic heterocycles. The fourth-order valence-electron chi connectivity index (χ4n) is 0.974. The first-order chi connectivity index (χ1) is 9.67. The van der Waals surface area contributed by atoms with Crippen molar-refractivity contribution in [1.29, 1.82) is 5.26 Å². The number of nitrogens with one attached hydrogen (secondary N) is 1. The third kappa shape index (κ3) is 4.60. The number of anilines is 2. The molecular formula is C8H7N7OS4. The molecule has 2 aromatic rings. The number of hydrogen-bond acceptors (Lipinski definition) is 11. The van der Waals surface area contributed by atoms with Crippen LogP contribution >= 0.6 is 46.2 Å². The van der Waals surface area contributed by atoms with Crippen LogP contribution in [0.25, 0.3) is 0 Å². The van der Waals surface area contributed by atoms with Crippen molar-refractivity contribution in [1.82, 2.24) is 20.4 Å². The second kappa shape index (κ2) is 7.39. The number of hydrogen-bond donors (Lipinski definition) is 2. The van der Waals surface area contributed by atoms with Gasteiger partial charge in [-0.2, -0.15) is 5.26 Å². The van der Waals surface area contributed by atoms with Crippen molar-refractivity contribution >= 4 is 62.4 Å². The Morgan fingerprint density at radius 1 is 1.25 bits per heavy atom. The van der Waals surface area contributed by atoms with Gasteiger partial charge in [-0.3, -0.25) is 10.1 Å². The third-order valence-electron chi connectivity index (χ3n) is 1.66. The molecule has 0 bridgehead atoms. The molecule has 2 rings (SSSR count). The molecule has 12 heteroatoms. The van der Waals surface area contributed by atoms with E-state index in [0.29, 0.717) is 24.7 Å². The van der Waals surface area contributed by atoms with Gasteiger partial charge in [0.2, 0.25) is 16.2 Å². The standard InChI is InChI=1S/C8H7N7OS4/c9-1-2-17-7-15-13-6(20-7)11-4(16)3-18-8-14-12-5(10)19-8/h2-3H2,(H2,10,12)(H,11,13,16). The van der Waals surface area contributed by atoms with Gasteiger partial charge >= 0.3 is 0 Å². The fourth-order valence-corrected chi connectivity index (χ4v) is 3.84. The van der Waals surface area contributed by atoms with E-state index in [0.717, 1.165) is 0 Å². The lowest BCUT2D eigenvalue weighted by Gasteiger charge is -1.97. The monoisotopic (exact) mass is 345 g/mol. The summed E-state index contributed by atoms with van der Waals surface area (Å²) in [6, 6.07) is 2.00. The van der Waals surface area contributed by atoms with E-state index >= 15 is 0 Å². The lowest BCUT2D eigenvalue weighted by atomic mass is 10.7. The summed E-state index contributed by atoms with van der Waals surface area (Å²) in [7, 11) is 0. The van der Waals surface area contributed by atoms with Crippen molar-refractivity contribution in [3.05, 3.63) is 0 Å². The molecule has 0 radical (unpaired) electrons. The van der Waals surface area contributed by atoms with Gasteiger partial charge in [0.25, 0.3) is 0 Å². The number of nitriles is 1. The summed E-state index contributed by atoms with van der Waals surface area (Å²) in [4.78, 5) is 11.7. The zero-order valence-electron chi connectivity index (χ0n) is 9.77. The zero-order valence-corrected chi connectivity index (χ0v) is 13.0. The van der Waals surface area contributed by atoms with Crippen LogP contribution in [0.3, 0.4) is 0 Å². The summed E-state index contributed by atoms with van der Waals surface area (Å²) < 4.78 is 1.28. The van der Waals surface area contributed by atoms with Crippen LogP contribution < -0.4 is 11.1 Å². The Bertz CT molecular complexity index is 633. The van der Waals surface area contributed by atoms with Crippen LogP contribution in [0.4, 0.5) is 10.3 Å². The second-order valence-electron chi connectivity index (χ2n) is 3.06. The molecule has 104 valence electrons. The molecule has 0 aromatic carbocycles. The van der Waals surface area contributed by atoms with Gasteiger partial charge in [0.15, 0.2) is 8.68 Å². The lowest BCUT2D eigenvalue weighted by molar-refractivity contribution is -0.113. The van der Waals surface area contributed by atoms with E-state index in [1.807, 2.05) is 6.07 Å². The molecule has 0 unspecified atom stereocenters. The number of carbonyl (C=O) groups is 1. The molecule has 2 aromatic heterocycles. The predicted molar refractivity (Wildman–Crippen MR) is 79.9 cm³/mol. The lowest BCUT2D eigenvalue weighted by Crippen LogP contribution is -2.13. The number of aromatic nitrogens is 4. The van der Waals surface area contributed by atoms with E-state index in [4.69, 9.17) is 11.0 Å². The topological polar surface area (TPSA) is 130 Å². The van der Waals surface area contributed by atoms with E-state index in [1.54, 1.807) is 0 Å². The van der Waals surface area contributed by atoms with Crippen molar-refractivity contribution < 1.29 is 4.79 Å². The molecule has 0 saturated heterocycles. The molecule has 1 amide bonds. The third-order valence-corrected chi connectivity index (χ3v) is 5.39. The van der Waals surface area contributed by atoms with Gasteiger partial charge in [-0.05, 0) is 0 Å². The Hall–Kier alpha value is -1.42. The minimum absolute atomic E-state index is 0.189. The maximum absolute atomic E-state index is 11.7. The maximum Gasteiger partial charge on any atom is 0.236 e. The number of carbonyl (C=O) groups excluding carboxylic acids is 1. The molecule has 2 heterocycles. The molecule has 0 aliphatic carbocycles. The molecule has 20 heavy (non-hydrogen) atoms. The average Bonchev–Trinajstić information content (AvgIpc) is 3.03. The largest absolute Gasteiger partial charge is 0.374 e. The molecule has 0 aliphatic rings. The highest BCUT2D eigenvalue weighted by atomic mass is 32.2. The summed E-state index contributed by atoms with van der Waals surface area (Å²) in [6.07, 6.45) is 0. The first kappa shape index (κ1) is 15.0. The number of nitrogen functional groups attached to an aromatic ring is 1. The quantitative estimate of drug-likeness (QED) is 0.587. The highest BCUT2D eigenvalue weighted by Crippen LogP contribution is 2.26. The second-order valence-corrected chi connectivity index (χ2v) is 7.49. The number of amides is 1. The predicted octanol–water partition coefficient (Wildman–Crippen LogP) is 1.32. The molecule has 3 N–H and O–H groups in total. The van der Waals surface area contributed by atoms with Crippen LogP contribution in [-0.2, 0) is 4.79 Å². The maximum atomic E-state index is 11.7. The summed E-state index contributed by atoms with van der Waals surface area (Å²) in [5, 5.41) is 27.0. The smallest absolute Gasteiger partial charge is 0.236 e. The zero-order chi connectivity index (χ0) is 14.4. The van der Waals surface area contributed by atoms with Crippen LogP contribution in [0.2, 0.25) is 0 Å². The summed E-state index contributed by atoms with van der Waals surface area (Å²) in [6.45, 7) is 0. The highest BCUT2D eigenvalue weighted by Gasteiger charge is 2.10. The Kier molecular flexibility index (Phi) is 5.53. The van der Waals surface area contributed by atoms with Gasteiger partial charge in [-0.25, -0.2) is 0 Å². The molecular weight excluding hydrogens is 338 g/mol. The number of nitrogens with two attached hydrogens (primary N) is 1. The number of rotatable bonds is 6. The Balaban J connectivity index is 1.79. The van der Waals surface area contributed by atoms with Crippen molar-refractivity contribution in [2.75, 3.05) is 22.6 Å². The molecule has 0 atom stereocenters. The summed E-state index contributed by atoms with van der Waals surface area (Å²) in [5.74, 6) is 0.281. The van der Waals surface area contributed by atoms with Crippen LogP contribution in [-0.4, -0.2) is 37.8 Å². The highest BCUT2D eigenvalue weighted by molar-refractivity contribution is 8.01. The van der Waals surface area contributed by atoms with Gasteiger partial charge < -0.3 is 5.73 Å². The van der Waals surface area contributed by atoms with E-state index in [2.05, 4.69) is 25.7 Å². The SMILES string of the molecule is N#CCSc1nnc(NC(=O)CSc2nnc(N)s2)s1. The number of thioether (sulfide) groups is 2. The van der Waals surface area contributed by atoms with E-state index in [1.165, 1.54) is 46.2 Å². The van der Waals surface area contributed by atoms with Gasteiger partial charge in [0.05, 0.1) is 17.6 Å². The van der Waals surface area contributed by atoms with E-state index in [-0.39, 0.29) is 11.7 Å². The van der Waals surface area contributed by atoms with Gasteiger partial charge in [0.1, 0.15) is 0 Å². The average molecular weight is 345 g/mol. The molecule has 8 nitrogen and oxygen atoms in total. The normalized spacial score (nSPS) is 10.2. The van der Waals surface area contributed by atoms with Crippen LogP contribution in [0.15, 0.2) is 8.68 Å². The van der Waals surface area contributed by atoms with Crippen molar-refractivity contribution in [3.8, 4) is 6.07 Å². The minimum atomic E-state index is -0.211. The Morgan fingerprint density at radius 3 is 2.70 bits per heavy atom. The van der Waals surface area contributed by atoms with Crippen LogP contribution in [0.1, 0.15) is 0 Å². The van der Waals surface area contributed by atoms with E-state index < -0.39 is 0 Å². The van der Waals surface area contributed by atoms with Crippen molar-refractivity contribution in [2.45, 2.75) is 8.68 Å². The molecule has 0 spiro atoms. The van der Waals surface area contributed by atoms with Crippen molar-refractivity contribution in [3.63, 3.8) is 0 Å². The van der Waals surface area contributed by atoms with Crippen molar-refractivity contribution in [2.24, 2.45) is 0 Å². The van der Waals surface area contributed by atoms with Crippen LogP contribution in [0.5, 0.6) is 0 Å². The first-order valence-corrected chi connectivity index (χ1v) is 8.62. The molecule has 0 fully saturated rings. The summed E-state index contributed by atoms with van der Waals surface area (Å²) in [5.41, 5.74) is 5.44. The summed E-state index contributed by atoms with van der Waals surface area (Å²) >= 11 is 4.99. The van der Waals surface area contributed by atoms with Gasteiger partial charge in [-0.1, -0.05) is 46.2 Å². The Labute approximate surface area is 130 Å². The van der Waals surface area contributed by atoms with Crippen LogP contribution in [0, 0.1) is 11.3 Å². The first-order valence-electron chi connectivity index (χ1n) is 5.02. The number of nitrogens with zero attached hydrogens (tertiary/aromatic N) is 5. The Morgan fingerprint density at radius 2 is 2.00 bits per heavy atom. The van der Waals surface area contributed by atoms with Gasteiger partial charge in [-0.15, -0.1) is 20.4 Å². The van der Waals surface area contributed by atoms with E-state index in [9.17, 15) is 4.79 Å². The molecule has 0 saturated carbocycles. The minimum Gasteiger partial charge on any atom is -0.374 e. The van der Waals surface area contributed by atoms with Gasteiger partial charge in [0, 0.05) is 0 Å².